The molecule has 0 amide bonds. The van der Waals surface area contributed by atoms with Crippen LogP contribution in [0, 0.1) is 5.92 Å². The summed E-state index contributed by atoms with van der Waals surface area (Å²) in [4.78, 5) is 0. The molecule has 2 unspecified atom stereocenters. The first-order chi connectivity index (χ1) is 5.74. The highest BCUT2D eigenvalue weighted by molar-refractivity contribution is 4.58. The minimum Gasteiger partial charge on any atom is -0.396 e. The van der Waals surface area contributed by atoms with Gasteiger partial charge in [0.2, 0.25) is 0 Å². The van der Waals surface area contributed by atoms with Crippen LogP contribution in [0.3, 0.4) is 0 Å². The van der Waals surface area contributed by atoms with E-state index in [2.05, 4.69) is 0 Å². The molecule has 0 fully saturated rings. The van der Waals surface area contributed by atoms with E-state index >= 15 is 0 Å². The Labute approximate surface area is 73.3 Å². The predicted octanol–water partition coefficient (Wildman–Crippen LogP) is -0.659. The van der Waals surface area contributed by atoms with E-state index in [1.54, 1.807) is 0 Å². The Morgan fingerprint density at radius 2 is 1.92 bits per heavy atom. The molecule has 0 aromatic carbocycles. The highest BCUT2D eigenvalue weighted by atomic mass is 16.5. The minimum atomic E-state index is -0.304. The third kappa shape index (κ3) is 5.49. The molecule has 4 nitrogen and oxygen atoms in total. The van der Waals surface area contributed by atoms with Crippen LogP contribution in [0.5, 0.6) is 0 Å². The summed E-state index contributed by atoms with van der Waals surface area (Å²) in [6.45, 7) is 2.95. The highest BCUT2D eigenvalue weighted by Gasteiger charge is 2.06. The first-order valence-corrected chi connectivity index (χ1v) is 4.29. The van der Waals surface area contributed by atoms with Crippen LogP contribution in [-0.4, -0.2) is 42.7 Å². The summed E-state index contributed by atoms with van der Waals surface area (Å²) >= 11 is 0. The topological polar surface area (TPSA) is 75.7 Å². The maximum atomic E-state index is 8.79. The summed E-state index contributed by atoms with van der Waals surface area (Å²) in [6.07, 6.45) is 0.894. The fraction of sp³-hybridized carbons (Fsp3) is 1.00. The molecule has 0 saturated carbocycles. The predicted molar refractivity (Wildman–Crippen MR) is 46.7 cm³/mol. The van der Waals surface area contributed by atoms with Gasteiger partial charge in [-0.1, -0.05) is 6.92 Å². The molecule has 0 heterocycles. The number of hydrogen-bond acceptors (Lipinski definition) is 4. The van der Waals surface area contributed by atoms with Crippen molar-refractivity contribution in [1.82, 2.24) is 0 Å². The lowest BCUT2D eigenvalue weighted by atomic mass is 10.1. The van der Waals surface area contributed by atoms with E-state index in [0.29, 0.717) is 13.2 Å². The molecule has 0 saturated heterocycles. The van der Waals surface area contributed by atoms with Gasteiger partial charge in [0.05, 0.1) is 25.9 Å². The second-order valence-corrected chi connectivity index (χ2v) is 2.94. The first kappa shape index (κ1) is 11.8. The number of aliphatic hydroxyl groups excluding tert-OH is 2. The largest absolute Gasteiger partial charge is 0.396 e. The lowest BCUT2D eigenvalue weighted by molar-refractivity contribution is 0.0544. The van der Waals surface area contributed by atoms with Crippen molar-refractivity contribution in [2.75, 3.05) is 26.4 Å². The Hall–Kier alpha value is -0.160. The number of ether oxygens (including phenoxy) is 1. The van der Waals surface area contributed by atoms with Crippen LogP contribution in [0.15, 0.2) is 0 Å². The lowest BCUT2D eigenvalue weighted by Crippen LogP contribution is -2.31. The molecule has 0 aliphatic rings. The van der Waals surface area contributed by atoms with Gasteiger partial charge in [0.25, 0.3) is 0 Å². The van der Waals surface area contributed by atoms with Crippen LogP contribution in [-0.2, 0) is 4.74 Å². The second-order valence-electron chi connectivity index (χ2n) is 2.94. The van der Waals surface area contributed by atoms with Gasteiger partial charge in [0.15, 0.2) is 0 Å². The zero-order valence-corrected chi connectivity index (χ0v) is 7.57. The van der Waals surface area contributed by atoms with Gasteiger partial charge in [-0.05, 0) is 6.42 Å². The van der Waals surface area contributed by atoms with Crippen molar-refractivity contribution in [3.05, 3.63) is 0 Å². The summed E-state index contributed by atoms with van der Waals surface area (Å²) in [5, 5.41) is 17.3. The van der Waals surface area contributed by atoms with E-state index in [0.717, 1.165) is 6.42 Å². The van der Waals surface area contributed by atoms with Crippen LogP contribution < -0.4 is 5.73 Å². The Bertz CT molecular complexity index is 96.3. The molecule has 4 heteroatoms. The fourth-order valence-corrected chi connectivity index (χ4v) is 0.738. The molecule has 0 radical (unpaired) electrons. The average Bonchev–Trinajstić information content (AvgIpc) is 2.12. The van der Waals surface area contributed by atoms with Crippen molar-refractivity contribution >= 4 is 0 Å². The van der Waals surface area contributed by atoms with Gasteiger partial charge < -0.3 is 20.7 Å². The molecule has 74 valence electrons. The zero-order chi connectivity index (χ0) is 9.40. The highest BCUT2D eigenvalue weighted by Crippen LogP contribution is 2.01. The van der Waals surface area contributed by atoms with Gasteiger partial charge in [-0.15, -0.1) is 0 Å². The van der Waals surface area contributed by atoms with Gasteiger partial charge in [0.1, 0.15) is 0 Å². The molecule has 4 N–H and O–H groups in total. The quantitative estimate of drug-likeness (QED) is 0.482. The van der Waals surface area contributed by atoms with Gasteiger partial charge in [-0.2, -0.15) is 0 Å². The SMILES string of the molecule is CCC(CO)COCC(N)CO. The van der Waals surface area contributed by atoms with E-state index in [-0.39, 0.29) is 25.2 Å². The van der Waals surface area contributed by atoms with E-state index in [1.165, 1.54) is 0 Å². The van der Waals surface area contributed by atoms with E-state index in [4.69, 9.17) is 20.7 Å². The summed E-state index contributed by atoms with van der Waals surface area (Å²) < 4.78 is 5.19. The Morgan fingerprint density at radius 3 is 2.33 bits per heavy atom. The summed E-state index contributed by atoms with van der Waals surface area (Å²) in [5.74, 6) is 0.191. The number of rotatable bonds is 7. The molecule has 0 aromatic heterocycles. The van der Waals surface area contributed by atoms with Crippen molar-refractivity contribution in [2.45, 2.75) is 19.4 Å². The number of hydrogen-bond donors (Lipinski definition) is 3. The van der Waals surface area contributed by atoms with E-state index in [9.17, 15) is 0 Å². The van der Waals surface area contributed by atoms with Crippen molar-refractivity contribution < 1.29 is 14.9 Å². The minimum absolute atomic E-state index is 0.0596. The summed E-state index contributed by atoms with van der Waals surface area (Å²) in [6, 6.07) is -0.304. The Kier molecular flexibility index (Phi) is 7.39. The van der Waals surface area contributed by atoms with Gasteiger partial charge in [0, 0.05) is 12.5 Å². The smallest absolute Gasteiger partial charge is 0.0640 e. The standard InChI is InChI=1S/C8H19NO3/c1-2-7(3-10)5-12-6-8(9)4-11/h7-8,10-11H,2-6,9H2,1H3. The zero-order valence-electron chi connectivity index (χ0n) is 7.57. The second kappa shape index (κ2) is 7.49. The van der Waals surface area contributed by atoms with Crippen molar-refractivity contribution in [3.8, 4) is 0 Å². The molecule has 0 rings (SSSR count). The molecule has 0 bridgehead atoms. The van der Waals surface area contributed by atoms with Crippen LogP contribution in [0.1, 0.15) is 13.3 Å². The maximum Gasteiger partial charge on any atom is 0.0640 e. The molecule has 0 aliphatic heterocycles. The van der Waals surface area contributed by atoms with Crippen LogP contribution >= 0.6 is 0 Å². The molecule has 2 atom stereocenters. The number of aliphatic hydroxyl groups is 2. The van der Waals surface area contributed by atoms with Crippen molar-refractivity contribution in [3.63, 3.8) is 0 Å². The normalized spacial score (nSPS) is 16.0. The van der Waals surface area contributed by atoms with Crippen molar-refractivity contribution in [1.29, 1.82) is 0 Å². The Balaban J connectivity index is 3.28. The third-order valence-electron chi connectivity index (χ3n) is 1.76. The third-order valence-corrected chi connectivity index (χ3v) is 1.76. The monoisotopic (exact) mass is 177 g/mol. The fourth-order valence-electron chi connectivity index (χ4n) is 0.738. The molecule has 12 heavy (non-hydrogen) atoms. The molecular weight excluding hydrogens is 158 g/mol. The van der Waals surface area contributed by atoms with E-state index in [1.807, 2.05) is 6.92 Å². The number of nitrogens with two attached hydrogens (primary N) is 1. The van der Waals surface area contributed by atoms with E-state index < -0.39 is 0 Å². The molecule has 0 aliphatic carbocycles. The molecule has 0 aromatic rings. The van der Waals surface area contributed by atoms with Crippen LogP contribution in [0.25, 0.3) is 0 Å². The summed E-state index contributed by atoms with van der Waals surface area (Å²) in [5.41, 5.74) is 5.40. The van der Waals surface area contributed by atoms with Crippen LogP contribution in [0.4, 0.5) is 0 Å². The first-order valence-electron chi connectivity index (χ1n) is 4.29. The van der Waals surface area contributed by atoms with Gasteiger partial charge in [-0.25, -0.2) is 0 Å². The van der Waals surface area contributed by atoms with Crippen LogP contribution in [0.2, 0.25) is 0 Å². The molecule has 0 spiro atoms. The van der Waals surface area contributed by atoms with Gasteiger partial charge >= 0.3 is 0 Å². The lowest BCUT2D eigenvalue weighted by Gasteiger charge is -2.13. The average molecular weight is 177 g/mol. The molecular formula is C8H19NO3. The summed E-state index contributed by atoms with van der Waals surface area (Å²) in [7, 11) is 0. The van der Waals surface area contributed by atoms with Gasteiger partial charge in [-0.3, -0.25) is 0 Å². The maximum absolute atomic E-state index is 8.79. The Morgan fingerprint density at radius 1 is 1.25 bits per heavy atom. The van der Waals surface area contributed by atoms with Crippen molar-refractivity contribution in [2.24, 2.45) is 11.7 Å².